The van der Waals surface area contributed by atoms with E-state index in [1.807, 2.05) is 0 Å². The largest absolute Gasteiger partial charge is 0.355 e. The molecule has 1 atom stereocenters. The van der Waals surface area contributed by atoms with Crippen LogP contribution in [0.3, 0.4) is 0 Å². The van der Waals surface area contributed by atoms with Crippen molar-refractivity contribution in [2.45, 2.75) is 39.3 Å². The molecule has 0 saturated heterocycles. The fourth-order valence-electron chi connectivity index (χ4n) is 3.30. The van der Waals surface area contributed by atoms with E-state index in [9.17, 15) is 26.8 Å². The van der Waals surface area contributed by atoms with Crippen LogP contribution >= 0.6 is 0 Å². The van der Waals surface area contributed by atoms with Crippen molar-refractivity contribution in [2.75, 3.05) is 23.7 Å². The van der Waals surface area contributed by atoms with E-state index in [0.29, 0.717) is 17.8 Å². The van der Waals surface area contributed by atoms with Crippen molar-refractivity contribution in [1.29, 1.82) is 0 Å². The number of likely N-dealkylation sites (N-methyl/N-ethyl adjacent to an activating group) is 1. The number of carbonyl (C=O) groups excluding carboxylic acids is 2. The third-order valence-corrected chi connectivity index (χ3v) is 6.25. The van der Waals surface area contributed by atoms with Gasteiger partial charge >= 0.3 is 0 Å². The lowest BCUT2D eigenvalue weighted by atomic mass is 10.1. The van der Waals surface area contributed by atoms with E-state index in [2.05, 4.69) is 5.32 Å². The van der Waals surface area contributed by atoms with Crippen molar-refractivity contribution in [2.24, 2.45) is 0 Å². The van der Waals surface area contributed by atoms with Crippen LogP contribution in [0.2, 0.25) is 0 Å². The molecule has 10 heteroatoms. The van der Waals surface area contributed by atoms with Crippen LogP contribution in [0.1, 0.15) is 32.3 Å². The smallest absolute Gasteiger partial charge is 0.242 e. The van der Waals surface area contributed by atoms with Crippen LogP contribution in [-0.4, -0.2) is 50.5 Å². The number of amides is 2. The van der Waals surface area contributed by atoms with E-state index in [-0.39, 0.29) is 37.7 Å². The molecule has 0 unspecified atom stereocenters. The average molecular weight is 482 g/mol. The van der Waals surface area contributed by atoms with Crippen LogP contribution in [0, 0.1) is 11.6 Å². The first-order valence-corrected chi connectivity index (χ1v) is 12.4. The number of hydrogen-bond donors (Lipinski definition) is 1. The summed E-state index contributed by atoms with van der Waals surface area (Å²) < 4.78 is 52.0. The Morgan fingerprint density at radius 3 is 2.06 bits per heavy atom. The van der Waals surface area contributed by atoms with Gasteiger partial charge in [0, 0.05) is 26.1 Å². The Morgan fingerprint density at radius 2 is 1.55 bits per heavy atom. The van der Waals surface area contributed by atoms with Gasteiger partial charge in [0.25, 0.3) is 0 Å². The van der Waals surface area contributed by atoms with Crippen molar-refractivity contribution < 1.29 is 26.8 Å². The fourth-order valence-corrected chi connectivity index (χ4v) is 4.27. The first-order valence-electron chi connectivity index (χ1n) is 10.6. The van der Waals surface area contributed by atoms with Crippen LogP contribution in [0.4, 0.5) is 14.5 Å². The number of nitrogens with zero attached hydrogens (tertiary/aromatic N) is 2. The van der Waals surface area contributed by atoms with E-state index in [4.69, 9.17) is 0 Å². The van der Waals surface area contributed by atoms with Crippen molar-refractivity contribution in [3.8, 4) is 0 Å². The van der Waals surface area contributed by atoms with Gasteiger partial charge < -0.3 is 10.2 Å². The molecule has 33 heavy (non-hydrogen) atoms. The highest BCUT2D eigenvalue weighted by atomic mass is 32.2. The minimum Gasteiger partial charge on any atom is -0.355 e. The quantitative estimate of drug-likeness (QED) is 0.535. The zero-order chi connectivity index (χ0) is 24.6. The molecule has 2 aromatic carbocycles. The molecule has 180 valence electrons. The molecule has 0 heterocycles. The molecule has 7 nitrogen and oxygen atoms in total. The van der Waals surface area contributed by atoms with E-state index < -0.39 is 27.7 Å². The summed E-state index contributed by atoms with van der Waals surface area (Å²) in [5.41, 5.74) is 0.954. The summed E-state index contributed by atoms with van der Waals surface area (Å²) >= 11 is 0. The second-order valence-electron chi connectivity index (χ2n) is 7.63. The van der Waals surface area contributed by atoms with E-state index in [1.165, 1.54) is 29.2 Å². The number of sulfonamides is 1. The summed E-state index contributed by atoms with van der Waals surface area (Å²) in [6.45, 7) is 3.89. The monoisotopic (exact) mass is 481 g/mol. The van der Waals surface area contributed by atoms with E-state index in [1.54, 1.807) is 26.0 Å². The van der Waals surface area contributed by atoms with Gasteiger partial charge in [-0.25, -0.2) is 17.2 Å². The lowest BCUT2D eigenvalue weighted by molar-refractivity contribution is -0.140. The molecular weight excluding hydrogens is 452 g/mol. The molecule has 2 rings (SSSR count). The molecule has 2 amide bonds. The standard InChI is InChI=1S/C23H29F2N3O4S/c1-4-26-23(30)17(2)27(16-18-7-9-19(24)10-8-18)22(29)6-5-15-28(33(3,31)32)21-13-11-20(25)12-14-21/h7-14,17H,4-6,15-16H2,1-3H3,(H,26,30)/t17-/m1/s1. The Morgan fingerprint density at radius 1 is 1.00 bits per heavy atom. The summed E-state index contributed by atoms with van der Waals surface area (Å²) in [6.07, 6.45) is 1.21. The lowest BCUT2D eigenvalue weighted by Gasteiger charge is -2.29. The molecule has 0 fully saturated rings. The summed E-state index contributed by atoms with van der Waals surface area (Å²) in [5, 5.41) is 2.68. The Bertz CT molecular complexity index is 1040. The highest BCUT2D eigenvalue weighted by molar-refractivity contribution is 7.92. The van der Waals surface area contributed by atoms with Crippen molar-refractivity contribution in [1.82, 2.24) is 10.2 Å². The van der Waals surface area contributed by atoms with Gasteiger partial charge in [0.15, 0.2) is 0 Å². The van der Waals surface area contributed by atoms with Gasteiger partial charge in [-0.2, -0.15) is 0 Å². The summed E-state index contributed by atoms with van der Waals surface area (Å²) in [4.78, 5) is 26.8. The van der Waals surface area contributed by atoms with Crippen LogP contribution in [0.15, 0.2) is 48.5 Å². The molecule has 0 aliphatic heterocycles. The minimum atomic E-state index is -3.65. The molecule has 0 aliphatic rings. The molecule has 2 aromatic rings. The van der Waals surface area contributed by atoms with Crippen LogP contribution in [-0.2, 0) is 26.2 Å². The zero-order valence-corrected chi connectivity index (χ0v) is 19.7. The van der Waals surface area contributed by atoms with Crippen LogP contribution in [0.25, 0.3) is 0 Å². The normalized spacial score (nSPS) is 12.2. The molecule has 0 aromatic heterocycles. The predicted octanol–water partition coefficient (Wildman–Crippen LogP) is 3.06. The number of carbonyl (C=O) groups is 2. The van der Waals surface area contributed by atoms with Crippen molar-refractivity contribution in [3.05, 3.63) is 65.7 Å². The highest BCUT2D eigenvalue weighted by Crippen LogP contribution is 2.19. The molecular formula is C23H29F2N3O4S. The highest BCUT2D eigenvalue weighted by Gasteiger charge is 2.26. The first kappa shape index (κ1) is 26.2. The Kier molecular flexibility index (Phi) is 9.33. The second kappa shape index (κ2) is 11.7. The van der Waals surface area contributed by atoms with Gasteiger partial charge in [-0.3, -0.25) is 13.9 Å². The summed E-state index contributed by atoms with van der Waals surface area (Å²) in [5.74, 6) is -1.56. The first-order chi connectivity index (χ1) is 15.5. The third-order valence-electron chi connectivity index (χ3n) is 5.05. The lowest BCUT2D eigenvalue weighted by Crippen LogP contribution is -2.47. The summed E-state index contributed by atoms with van der Waals surface area (Å²) in [7, 11) is -3.65. The molecule has 1 N–H and O–H groups in total. The van der Waals surface area contributed by atoms with Gasteiger partial charge in [0.1, 0.15) is 17.7 Å². The molecule has 0 spiro atoms. The minimum absolute atomic E-state index is 0.0101. The summed E-state index contributed by atoms with van der Waals surface area (Å²) in [6, 6.07) is 9.91. The number of benzene rings is 2. The molecule has 0 aliphatic carbocycles. The number of halogens is 2. The van der Waals surface area contributed by atoms with Crippen molar-refractivity contribution in [3.63, 3.8) is 0 Å². The van der Waals surface area contributed by atoms with Gasteiger partial charge in [0.2, 0.25) is 21.8 Å². The Hall–Kier alpha value is -3.01. The average Bonchev–Trinajstić information content (AvgIpc) is 2.76. The number of anilines is 1. The second-order valence-corrected chi connectivity index (χ2v) is 9.54. The van der Waals surface area contributed by atoms with Gasteiger partial charge in [-0.1, -0.05) is 12.1 Å². The fraction of sp³-hybridized carbons (Fsp3) is 0.391. The van der Waals surface area contributed by atoms with E-state index >= 15 is 0 Å². The third kappa shape index (κ3) is 7.81. The van der Waals surface area contributed by atoms with Crippen molar-refractivity contribution >= 4 is 27.5 Å². The SMILES string of the molecule is CCNC(=O)[C@@H](C)N(Cc1ccc(F)cc1)C(=O)CCCN(c1ccc(F)cc1)S(C)(=O)=O. The predicted molar refractivity (Wildman–Crippen MR) is 123 cm³/mol. The van der Waals surface area contributed by atoms with Gasteiger partial charge in [-0.05, 0) is 62.2 Å². The van der Waals surface area contributed by atoms with Crippen LogP contribution in [0.5, 0.6) is 0 Å². The maximum Gasteiger partial charge on any atom is 0.242 e. The topological polar surface area (TPSA) is 86.8 Å². The molecule has 0 saturated carbocycles. The molecule has 0 bridgehead atoms. The zero-order valence-electron chi connectivity index (χ0n) is 18.9. The number of hydrogen-bond acceptors (Lipinski definition) is 4. The van der Waals surface area contributed by atoms with Gasteiger partial charge in [-0.15, -0.1) is 0 Å². The molecule has 0 radical (unpaired) electrons. The maximum absolute atomic E-state index is 13.3. The Labute approximate surface area is 193 Å². The Balaban J connectivity index is 2.13. The van der Waals surface area contributed by atoms with E-state index in [0.717, 1.165) is 22.7 Å². The van der Waals surface area contributed by atoms with Crippen LogP contribution < -0.4 is 9.62 Å². The number of rotatable bonds is 11. The number of nitrogens with one attached hydrogen (secondary N) is 1. The van der Waals surface area contributed by atoms with Gasteiger partial charge in [0.05, 0.1) is 11.9 Å². The maximum atomic E-state index is 13.3.